The Morgan fingerprint density at radius 2 is 2.00 bits per heavy atom. The maximum atomic E-state index is 13.2. The number of hydrogen-bond acceptors (Lipinski definition) is 3. The molecule has 1 unspecified atom stereocenters. The van der Waals surface area contributed by atoms with Gasteiger partial charge in [-0.2, -0.15) is 0 Å². The van der Waals surface area contributed by atoms with Crippen molar-refractivity contribution < 1.29 is 4.79 Å². The summed E-state index contributed by atoms with van der Waals surface area (Å²) >= 11 is 6.34. The lowest BCUT2D eigenvalue weighted by Crippen LogP contribution is -2.57. The molecule has 3 aliphatic heterocycles. The first kappa shape index (κ1) is 21.4. The van der Waals surface area contributed by atoms with Gasteiger partial charge in [0.1, 0.15) is 0 Å². The highest BCUT2D eigenvalue weighted by Gasteiger charge is 2.43. The number of carbonyl (C=O) groups excluding carboxylic acids is 1. The van der Waals surface area contributed by atoms with Crippen molar-refractivity contribution in [3.05, 3.63) is 76.9 Å². The van der Waals surface area contributed by atoms with E-state index in [9.17, 15) is 4.79 Å². The number of rotatable bonds is 6. The molecule has 3 fully saturated rings. The summed E-state index contributed by atoms with van der Waals surface area (Å²) in [4.78, 5) is 20.4. The zero-order chi connectivity index (χ0) is 22.1. The highest BCUT2D eigenvalue weighted by Crippen LogP contribution is 2.42. The van der Waals surface area contributed by atoms with E-state index < -0.39 is 0 Å². The third kappa shape index (κ3) is 4.14. The minimum absolute atomic E-state index is 0.0127. The van der Waals surface area contributed by atoms with Crippen LogP contribution in [0, 0.1) is 11.8 Å². The predicted molar refractivity (Wildman–Crippen MR) is 130 cm³/mol. The third-order valence-corrected chi connectivity index (χ3v) is 7.86. The van der Waals surface area contributed by atoms with E-state index in [1.54, 1.807) is 0 Å². The number of halogens is 1. The number of hydrogen-bond donors (Lipinski definition) is 1. The molecule has 0 spiro atoms. The molecule has 3 aliphatic rings. The first-order valence-corrected chi connectivity index (χ1v) is 12.1. The van der Waals surface area contributed by atoms with Gasteiger partial charge in [-0.15, -0.1) is 0 Å². The second-order valence-electron chi connectivity index (χ2n) is 9.25. The van der Waals surface area contributed by atoms with Crippen molar-refractivity contribution in [3.63, 3.8) is 0 Å². The molecule has 2 bridgehead atoms. The van der Waals surface area contributed by atoms with Gasteiger partial charge >= 0.3 is 0 Å². The minimum atomic E-state index is -0.0708. The van der Waals surface area contributed by atoms with Crippen molar-refractivity contribution in [3.8, 4) is 0 Å². The number of nitrogens with one attached hydrogen (secondary N) is 1. The maximum Gasteiger partial charge on any atom is 0.225 e. The molecular formula is C27H30ClN3O. The van der Waals surface area contributed by atoms with Crippen LogP contribution in [-0.2, 0) is 11.2 Å². The Hall–Kier alpha value is -2.43. The van der Waals surface area contributed by atoms with Gasteiger partial charge in [0.25, 0.3) is 0 Å². The van der Waals surface area contributed by atoms with E-state index in [2.05, 4.69) is 40.3 Å². The Balaban J connectivity index is 1.48. The summed E-state index contributed by atoms with van der Waals surface area (Å²) in [5, 5.41) is 5.18. The molecule has 32 heavy (non-hydrogen) atoms. The molecule has 5 atom stereocenters. The topological polar surface area (TPSA) is 45.2 Å². The lowest BCUT2D eigenvalue weighted by Gasteiger charge is -2.52. The van der Waals surface area contributed by atoms with Gasteiger partial charge in [-0.3, -0.25) is 14.7 Å². The summed E-state index contributed by atoms with van der Waals surface area (Å²) in [6.45, 7) is 4.55. The van der Waals surface area contributed by atoms with E-state index in [1.165, 1.54) is 12.8 Å². The summed E-state index contributed by atoms with van der Waals surface area (Å²) in [6, 6.07) is 18.1. The summed E-state index contributed by atoms with van der Waals surface area (Å²) in [7, 11) is 0. The lowest BCUT2D eigenvalue weighted by molar-refractivity contribution is -0.122. The molecule has 2 aromatic carbocycles. The fourth-order valence-corrected chi connectivity index (χ4v) is 6.00. The second-order valence-corrected chi connectivity index (χ2v) is 9.65. The molecule has 4 heterocycles. The van der Waals surface area contributed by atoms with Gasteiger partial charge in [-0.05, 0) is 60.5 Å². The molecule has 1 aromatic heterocycles. The molecule has 5 heteroatoms. The molecule has 4 nitrogen and oxygen atoms in total. The zero-order valence-corrected chi connectivity index (χ0v) is 19.3. The number of benzene rings is 2. The molecule has 6 rings (SSSR count). The molecule has 3 saturated heterocycles. The quantitative estimate of drug-likeness (QED) is 0.549. The van der Waals surface area contributed by atoms with Gasteiger partial charge < -0.3 is 5.32 Å². The number of aromatic nitrogens is 1. The normalized spacial score (nSPS) is 25.6. The lowest BCUT2D eigenvalue weighted by atomic mass is 9.72. The summed E-state index contributed by atoms with van der Waals surface area (Å²) < 4.78 is 0. The van der Waals surface area contributed by atoms with Gasteiger partial charge in [-0.1, -0.05) is 61.3 Å². The first-order valence-electron chi connectivity index (χ1n) is 11.7. The van der Waals surface area contributed by atoms with Crippen LogP contribution in [0.1, 0.15) is 43.4 Å². The minimum Gasteiger partial charge on any atom is -0.347 e. The third-order valence-electron chi connectivity index (χ3n) is 7.49. The predicted octanol–water partition coefficient (Wildman–Crippen LogP) is 5.41. The number of nitrogens with zero attached hydrogens (tertiary/aromatic N) is 2. The molecular weight excluding hydrogens is 418 g/mol. The van der Waals surface area contributed by atoms with Crippen molar-refractivity contribution >= 4 is 28.4 Å². The Labute approximate surface area is 195 Å². The molecule has 1 amide bonds. The van der Waals surface area contributed by atoms with E-state index in [1.807, 2.05) is 42.6 Å². The van der Waals surface area contributed by atoms with Gasteiger partial charge in [0.2, 0.25) is 5.91 Å². The van der Waals surface area contributed by atoms with Crippen molar-refractivity contribution in [2.45, 2.75) is 44.7 Å². The molecule has 0 aliphatic carbocycles. The summed E-state index contributed by atoms with van der Waals surface area (Å²) in [5.41, 5.74) is 2.99. The van der Waals surface area contributed by atoms with Crippen LogP contribution in [0.15, 0.2) is 60.8 Å². The molecule has 0 saturated carbocycles. The molecule has 0 radical (unpaired) electrons. The Morgan fingerprint density at radius 3 is 2.78 bits per heavy atom. The second kappa shape index (κ2) is 9.21. The van der Waals surface area contributed by atoms with Crippen molar-refractivity contribution in [2.24, 2.45) is 11.8 Å². The van der Waals surface area contributed by atoms with E-state index in [4.69, 9.17) is 11.6 Å². The Kier molecular flexibility index (Phi) is 6.16. The standard InChI is InChI=1S/C27H30ClN3O/c1-2-18-17-31-14-12-19(18)15-25(31)27(22-11-13-29-24-10-6-4-8-21(22)24)30-26(32)16-20-7-3-5-9-23(20)28/h3-11,13,18-19,25,27H,2,12,14-17H2,1H3,(H,30,32)/t18-,19+,25+,27+/m0/s1. The average molecular weight is 448 g/mol. The average Bonchev–Trinajstić information content (AvgIpc) is 2.84. The SMILES string of the molecule is CC[C@H]1CN2CC[C@@H]1C[C@@H]2[C@H](NC(=O)Cc1ccccc1Cl)c1ccnc2ccccc12. The van der Waals surface area contributed by atoms with Crippen LogP contribution >= 0.6 is 11.6 Å². The number of piperidine rings is 3. The number of pyridine rings is 1. The molecule has 166 valence electrons. The summed E-state index contributed by atoms with van der Waals surface area (Å²) in [5.74, 6) is 1.53. The van der Waals surface area contributed by atoms with E-state index in [0.717, 1.165) is 53.4 Å². The van der Waals surface area contributed by atoms with E-state index in [0.29, 0.717) is 11.1 Å². The Morgan fingerprint density at radius 1 is 1.19 bits per heavy atom. The molecule has 3 aromatic rings. The fourth-order valence-electron chi connectivity index (χ4n) is 5.80. The van der Waals surface area contributed by atoms with Crippen molar-refractivity contribution in [1.29, 1.82) is 0 Å². The van der Waals surface area contributed by atoms with Gasteiger partial charge in [0.15, 0.2) is 0 Å². The van der Waals surface area contributed by atoms with E-state index in [-0.39, 0.29) is 18.4 Å². The first-order chi connectivity index (χ1) is 15.6. The van der Waals surface area contributed by atoms with Crippen LogP contribution in [-0.4, -0.2) is 34.9 Å². The van der Waals surface area contributed by atoms with Crippen LogP contribution < -0.4 is 5.32 Å². The van der Waals surface area contributed by atoms with Gasteiger partial charge in [-0.25, -0.2) is 0 Å². The number of carbonyl (C=O) groups is 1. The van der Waals surface area contributed by atoms with Crippen LogP contribution in [0.25, 0.3) is 10.9 Å². The van der Waals surface area contributed by atoms with Crippen LogP contribution in [0.3, 0.4) is 0 Å². The summed E-state index contributed by atoms with van der Waals surface area (Å²) in [6.07, 6.45) is 5.79. The number of para-hydroxylation sites is 1. The largest absolute Gasteiger partial charge is 0.347 e. The smallest absolute Gasteiger partial charge is 0.225 e. The van der Waals surface area contributed by atoms with Gasteiger partial charge in [0.05, 0.1) is 18.0 Å². The monoisotopic (exact) mass is 447 g/mol. The highest BCUT2D eigenvalue weighted by molar-refractivity contribution is 6.31. The fraction of sp³-hybridized carbons (Fsp3) is 0.407. The van der Waals surface area contributed by atoms with Crippen LogP contribution in [0.4, 0.5) is 0 Å². The van der Waals surface area contributed by atoms with Crippen LogP contribution in [0.5, 0.6) is 0 Å². The van der Waals surface area contributed by atoms with E-state index >= 15 is 0 Å². The number of amides is 1. The molecule has 1 N–H and O–H groups in total. The Bertz CT molecular complexity index is 1110. The zero-order valence-electron chi connectivity index (χ0n) is 18.5. The van der Waals surface area contributed by atoms with Crippen LogP contribution in [0.2, 0.25) is 5.02 Å². The van der Waals surface area contributed by atoms with Crippen molar-refractivity contribution in [1.82, 2.24) is 15.2 Å². The maximum absolute atomic E-state index is 13.2. The number of fused-ring (bicyclic) bond motifs is 4. The highest BCUT2D eigenvalue weighted by atomic mass is 35.5. The van der Waals surface area contributed by atoms with Gasteiger partial charge in [0, 0.05) is 29.2 Å². The van der Waals surface area contributed by atoms with Crippen molar-refractivity contribution in [2.75, 3.05) is 13.1 Å².